The van der Waals surface area contributed by atoms with Gasteiger partial charge in [-0.05, 0) is 0 Å². The van der Waals surface area contributed by atoms with E-state index in [4.69, 9.17) is 33.2 Å². The van der Waals surface area contributed by atoms with E-state index in [-0.39, 0.29) is 0 Å². The van der Waals surface area contributed by atoms with Crippen LogP contribution in [0, 0.1) is 0 Å². The smallest absolute Gasteiger partial charge is 0.335 e. The summed E-state index contributed by atoms with van der Waals surface area (Å²) in [6, 6.07) is 0. The zero-order chi connectivity index (χ0) is 32.6. The fourth-order valence-corrected chi connectivity index (χ4v) is 5.23. The molecule has 4 rings (SSSR count). The highest BCUT2D eigenvalue weighted by molar-refractivity contribution is 5.73. The minimum Gasteiger partial charge on any atom is -0.479 e. The zero-order valence-electron chi connectivity index (χ0n) is 22.7. The normalized spacial score (nSPS) is 52.0. The number of carboxylic acids is 1. The van der Waals surface area contributed by atoms with Crippen molar-refractivity contribution in [2.24, 2.45) is 0 Å². The van der Waals surface area contributed by atoms with Crippen molar-refractivity contribution in [3.05, 3.63) is 0 Å². The van der Waals surface area contributed by atoms with Crippen LogP contribution in [0.25, 0.3) is 0 Å². The summed E-state index contributed by atoms with van der Waals surface area (Å²) in [6.07, 6.45) is -36.0. The molecule has 4 heterocycles. The van der Waals surface area contributed by atoms with Gasteiger partial charge in [0.2, 0.25) is 0 Å². The molecule has 256 valence electrons. The third-order valence-corrected chi connectivity index (χ3v) is 7.78. The van der Waals surface area contributed by atoms with E-state index >= 15 is 0 Å². The first-order chi connectivity index (χ1) is 20.7. The Hall–Kier alpha value is -1.29. The molecule has 0 bridgehead atoms. The summed E-state index contributed by atoms with van der Waals surface area (Å²) >= 11 is 0. The number of aliphatic hydroxyl groups is 12. The van der Waals surface area contributed by atoms with Gasteiger partial charge in [0.1, 0.15) is 85.5 Å². The zero-order valence-corrected chi connectivity index (χ0v) is 22.7. The highest BCUT2D eigenvalue weighted by Gasteiger charge is 2.56. The summed E-state index contributed by atoms with van der Waals surface area (Å²) in [5.74, 6) is -1.80. The van der Waals surface area contributed by atoms with E-state index in [2.05, 4.69) is 0 Å². The molecule has 0 saturated carbocycles. The first kappa shape index (κ1) is 35.6. The van der Waals surface area contributed by atoms with Crippen LogP contribution < -0.4 is 0 Å². The molecule has 0 aromatic carbocycles. The van der Waals surface area contributed by atoms with Gasteiger partial charge < -0.3 is 99.5 Å². The Morgan fingerprint density at radius 2 is 1.05 bits per heavy atom. The van der Waals surface area contributed by atoms with Crippen LogP contribution in [0.2, 0.25) is 0 Å². The molecule has 19 atom stereocenters. The lowest BCUT2D eigenvalue weighted by molar-refractivity contribution is -0.384. The summed E-state index contributed by atoms with van der Waals surface area (Å²) in [5, 5.41) is 132. The van der Waals surface area contributed by atoms with Gasteiger partial charge in [0.15, 0.2) is 31.3 Å². The van der Waals surface area contributed by atoms with Crippen molar-refractivity contribution in [2.75, 3.05) is 19.8 Å². The molecule has 0 aliphatic carbocycles. The lowest BCUT2D eigenvalue weighted by atomic mass is 9.95. The average molecular weight is 651 g/mol. The molecule has 1 unspecified atom stereocenters. The Bertz CT molecular complexity index is 944. The molecule has 4 saturated heterocycles. The molecule has 0 aromatic heterocycles. The fraction of sp³-hybridized carbons (Fsp3) is 0.957. The molecule has 4 aliphatic rings. The van der Waals surface area contributed by atoms with E-state index in [9.17, 15) is 71.2 Å². The van der Waals surface area contributed by atoms with Gasteiger partial charge in [0, 0.05) is 0 Å². The molecule has 44 heavy (non-hydrogen) atoms. The maximum Gasteiger partial charge on any atom is 0.335 e. The predicted molar refractivity (Wildman–Crippen MR) is 128 cm³/mol. The monoisotopic (exact) mass is 650 g/mol. The summed E-state index contributed by atoms with van der Waals surface area (Å²) in [6.45, 7) is -2.27. The second-order valence-corrected chi connectivity index (χ2v) is 10.7. The minimum absolute atomic E-state index is 0.507. The lowest BCUT2D eigenvalue weighted by Gasteiger charge is -2.48. The van der Waals surface area contributed by atoms with E-state index in [1.165, 1.54) is 0 Å². The van der Waals surface area contributed by atoms with E-state index in [1.54, 1.807) is 0 Å². The number of ether oxygens (including phenoxy) is 7. The van der Waals surface area contributed by atoms with Gasteiger partial charge in [-0.15, -0.1) is 0 Å². The molecule has 0 aromatic rings. The Balaban J connectivity index is 1.54. The van der Waals surface area contributed by atoms with Gasteiger partial charge in [-0.1, -0.05) is 0 Å². The van der Waals surface area contributed by atoms with Crippen LogP contribution >= 0.6 is 0 Å². The van der Waals surface area contributed by atoms with Crippen molar-refractivity contribution in [2.45, 2.75) is 117 Å². The van der Waals surface area contributed by atoms with Gasteiger partial charge in [0.05, 0.1) is 19.8 Å². The third kappa shape index (κ3) is 7.01. The molecule has 0 radical (unpaired) electrons. The van der Waals surface area contributed by atoms with Gasteiger partial charge >= 0.3 is 5.97 Å². The summed E-state index contributed by atoms with van der Waals surface area (Å²) in [5.41, 5.74) is 0. The average Bonchev–Trinajstić information content (AvgIpc) is 2.99. The van der Waals surface area contributed by atoms with Crippen LogP contribution in [0.5, 0.6) is 0 Å². The van der Waals surface area contributed by atoms with E-state index in [0.717, 1.165) is 0 Å². The largest absolute Gasteiger partial charge is 0.479 e. The molecule has 13 N–H and O–H groups in total. The maximum atomic E-state index is 11.9. The summed E-state index contributed by atoms with van der Waals surface area (Å²) < 4.78 is 36.8. The van der Waals surface area contributed by atoms with Gasteiger partial charge in [0.25, 0.3) is 0 Å². The molecule has 0 amide bonds. The Morgan fingerprint density at radius 1 is 0.568 bits per heavy atom. The molecular formula is C23H38O21. The molecule has 4 aliphatic heterocycles. The molecule has 4 fully saturated rings. The van der Waals surface area contributed by atoms with E-state index < -0.39 is 143 Å². The van der Waals surface area contributed by atoms with Gasteiger partial charge in [-0.25, -0.2) is 4.79 Å². The highest BCUT2D eigenvalue weighted by atomic mass is 16.8. The van der Waals surface area contributed by atoms with Gasteiger partial charge in [-0.3, -0.25) is 0 Å². The number of rotatable bonds is 9. The predicted octanol–water partition coefficient (Wildman–Crippen LogP) is -9.02. The highest BCUT2D eigenvalue weighted by Crippen LogP contribution is 2.34. The number of aliphatic carboxylic acids is 1. The molecule has 0 spiro atoms. The van der Waals surface area contributed by atoms with Crippen molar-refractivity contribution in [1.82, 2.24) is 0 Å². The van der Waals surface area contributed by atoms with Crippen LogP contribution in [0.1, 0.15) is 0 Å². The SMILES string of the molecule is O=C(O)[C@H]1O[C@H](O[C@@H]2[C@H](O)[C@H](CO)OC(O)[C@@H]2O)[C@H](O)[C@@H](O[C@H]2O[C@H](CO)[C@@H](O)[C@H](O[C@@H]3OC[C@@H](O)[C@H](O)[C@H]3O)[C@H]2O)[C@@H]1O. The lowest BCUT2D eigenvalue weighted by Crippen LogP contribution is -2.67. The Labute approximate surface area is 247 Å². The second kappa shape index (κ2) is 14.6. The summed E-state index contributed by atoms with van der Waals surface area (Å²) in [4.78, 5) is 11.9. The van der Waals surface area contributed by atoms with E-state index in [0.29, 0.717) is 0 Å². The molecular weight excluding hydrogens is 612 g/mol. The van der Waals surface area contributed by atoms with E-state index in [1.807, 2.05) is 0 Å². The molecule has 21 nitrogen and oxygen atoms in total. The van der Waals surface area contributed by atoms with Gasteiger partial charge in [-0.2, -0.15) is 0 Å². The number of carbonyl (C=O) groups is 1. The first-order valence-electron chi connectivity index (χ1n) is 13.5. The number of carboxylic acid groups (broad SMARTS) is 1. The summed E-state index contributed by atoms with van der Waals surface area (Å²) in [7, 11) is 0. The van der Waals surface area contributed by atoms with Crippen molar-refractivity contribution >= 4 is 5.97 Å². The molecule has 21 heteroatoms. The van der Waals surface area contributed by atoms with Crippen molar-refractivity contribution in [3.8, 4) is 0 Å². The van der Waals surface area contributed by atoms with Crippen molar-refractivity contribution in [3.63, 3.8) is 0 Å². The standard InChI is InChI=1S/C23H38O21/c24-1-5-8(28)15(12(32)20(37)39-5)42-23-14(34)17(11(31)18(44-23)19(35)36)43-22-13(33)16(9(29)6(2-25)40-22)41-21-10(30)7(27)4(26)3-38-21/h4-18,20-34,37H,1-3H2,(H,35,36)/t4-,5+,6-,7+,8-,9-,10-,11+,12-,13-,14-,15-,16+,17+,18+,20?,21+,22-,23+/m1/s1. The minimum atomic E-state index is -2.21. The maximum absolute atomic E-state index is 11.9. The number of aliphatic hydroxyl groups excluding tert-OH is 12. The fourth-order valence-electron chi connectivity index (χ4n) is 5.23. The topological polar surface area (TPSA) is 345 Å². The quantitative estimate of drug-likeness (QED) is 0.110. The van der Waals surface area contributed by atoms with Crippen molar-refractivity contribution in [1.29, 1.82) is 0 Å². The third-order valence-electron chi connectivity index (χ3n) is 7.78. The van der Waals surface area contributed by atoms with Crippen molar-refractivity contribution < 1.29 is 104 Å². The number of hydrogen-bond donors (Lipinski definition) is 13. The number of hydrogen-bond acceptors (Lipinski definition) is 20. The Morgan fingerprint density at radius 3 is 1.59 bits per heavy atom. The van der Waals surface area contributed by atoms with Crippen LogP contribution in [0.3, 0.4) is 0 Å². The van der Waals surface area contributed by atoms with Crippen LogP contribution in [0.4, 0.5) is 0 Å². The second-order valence-electron chi connectivity index (χ2n) is 10.7. The van der Waals surface area contributed by atoms with Crippen LogP contribution in [0.15, 0.2) is 0 Å². The first-order valence-corrected chi connectivity index (χ1v) is 13.5. The van der Waals surface area contributed by atoms with Crippen LogP contribution in [-0.4, -0.2) is 209 Å². The van der Waals surface area contributed by atoms with Crippen LogP contribution in [-0.2, 0) is 38.0 Å². The Kier molecular flexibility index (Phi) is 11.8.